The molecular weight excluding hydrogens is 399 g/mol. The monoisotopic (exact) mass is 414 g/mol. The molecule has 1 amide bonds. The molecule has 1 unspecified atom stereocenters. The van der Waals surface area contributed by atoms with Gasteiger partial charge in [-0.3, -0.25) is 19.6 Å². The molecular formula is C20H16Cl2N4O2. The number of Topliss-reactive ketones (excluding diaryl/α,β-unsaturated/α-hetero) is 1. The number of amides is 1. The maximum Gasteiger partial charge on any atom is 0.258 e. The molecule has 0 radical (unpaired) electrons. The summed E-state index contributed by atoms with van der Waals surface area (Å²) < 4.78 is 0. The highest BCUT2D eigenvalue weighted by molar-refractivity contribution is 6.40. The Hall–Kier alpha value is -2.67. The van der Waals surface area contributed by atoms with Crippen molar-refractivity contribution < 1.29 is 9.59 Å². The lowest BCUT2D eigenvalue weighted by Gasteiger charge is -2.20. The van der Waals surface area contributed by atoms with Crippen LogP contribution >= 0.6 is 23.2 Å². The van der Waals surface area contributed by atoms with Crippen LogP contribution in [0.1, 0.15) is 17.3 Å². The highest BCUT2D eigenvalue weighted by atomic mass is 35.5. The van der Waals surface area contributed by atoms with Crippen molar-refractivity contribution in [3.05, 3.63) is 64.3 Å². The lowest BCUT2D eigenvalue weighted by atomic mass is 10.1. The van der Waals surface area contributed by atoms with Gasteiger partial charge in [-0.05, 0) is 31.2 Å². The van der Waals surface area contributed by atoms with Crippen LogP contribution in [0.15, 0.2) is 48.7 Å². The van der Waals surface area contributed by atoms with Crippen molar-refractivity contribution in [2.75, 3.05) is 16.9 Å². The Labute approximate surface area is 171 Å². The smallest absolute Gasteiger partial charge is 0.258 e. The minimum absolute atomic E-state index is 0.114. The molecule has 2 N–H and O–H groups in total. The largest absolute Gasteiger partial charge is 0.320 e. The molecule has 8 heteroatoms. The first-order valence-corrected chi connectivity index (χ1v) is 9.41. The van der Waals surface area contributed by atoms with Crippen molar-refractivity contribution >= 4 is 57.2 Å². The van der Waals surface area contributed by atoms with Crippen molar-refractivity contribution in [1.82, 2.24) is 10.4 Å². The van der Waals surface area contributed by atoms with Crippen LogP contribution in [0.4, 0.5) is 11.4 Å². The third-order valence-electron chi connectivity index (χ3n) is 4.62. The van der Waals surface area contributed by atoms with Gasteiger partial charge < -0.3 is 5.32 Å². The average Bonchev–Trinajstić information content (AvgIpc) is 3.00. The average molecular weight is 415 g/mol. The van der Waals surface area contributed by atoms with E-state index < -0.39 is 5.91 Å². The topological polar surface area (TPSA) is 74.3 Å². The van der Waals surface area contributed by atoms with Gasteiger partial charge in [0.25, 0.3) is 5.91 Å². The molecule has 1 aliphatic rings. The van der Waals surface area contributed by atoms with Gasteiger partial charge in [0.15, 0.2) is 5.78 Å². The van der Waals surface area contributed by atoms with Crippen LogP contribution in [-0.2, 0) is 4.79 Å². The van der Waals surface area contributed by atoms with Gasteiger partial charge in [0.05, 0.1) is 45.1 Å². The summed E-state index contributed by atoms with van der Waals surface area (Å²) in [6.07, 6.45) is 1.64. The molecule has 0 bridgehead atoms. The highest BCUT2D eigenvalue weighted by Crippen LogP contribution is 2.31. The summed E-state index contributed by atoms with van der Waals surface area (Å²) in [5.41, 5.74) is 5.30. The zero-order valence-electron chi connectivity index (χ0n) is 14.9. The number of benzene rings is 2. The van der Waals surface area contributed by atoms with E-state index in [2.05, 4.69) is 15.7 Å². The maximum absolute atomic E-state index is 12.8. The molecule has 0 spiro atoms. The van der Waals surface area contributed by atoms with Crippen LogP contribution in [0.5, 0.6) is 0 Å². The number of hydrogen-bond acceptors (Lipinski definition) is 5. The summed E-state index contributed by atoms with van der Waals surface area (Å²) in [4.78, 5) is 29.1. The summed E-state index contributed by atoms with van der Waals surface area (Å²) in [6.45, 7) is 2.09. The Kier molecular flexibility index (Phi) is 4.93. The molecule has 1 fully saturated rings. The summed E-state index contributed by atoms with van der Waals surface area (Å²) in [5, 5.41) is 5.99. The summed E-state index contributed by atoms with van der Waals surface area (Å²) in [6, 6.07) is 12.0. The van der Waals surface area contributed by atoms with Crippen LogP contribution in [0, 0.1) is 0 Å². The van der Waals surface area contributed by atoms with Crippen LogP contribution < -0.4 is 15.8 Å². The number of aromatic nitrogens is 1. The summed E-state index contributed by atoms with van der Waals surface area (Å²) in [7, 11) is 0. The minimum Gasteiger partial charge on any atom is -0.320 e. The highest BCUT2D eigenvalue weighted by Gasteiger charge is 2.28. The molecule has 0 saturated carbocycles. The molecule has 2 heterocycles. The van der Waals surface area contributed by atoms with E-state index in [9.17, 15) is 9.59 Å². The third kappa shape index (κ3) is 3.30. The predicted octanol–water partition coefficient (Wildman–Crippen LogP) is 4.08. The maximum atomic E-state index is 12.8. The number of nitrogens with zero attached hydrogens (tertiary/aromatic N) is 2. The van der Waals surface area contributed by atoms with Crippen molar-refractivity contribution in [3.8, 4) is 0 Å². The number of hydrazine groups is 1. The fraction of sp³-hybridized carbons (Fsp3) is 0.150. The van der Waals surface area contributed by atoms with Gasteiger partial charge in [-0.2, -0.15) is 0 Å². The number of fused-ring (bicyclic) bond motifs is 1. The van der Waals surface area contributed by atoms with Gasteiger partial charge in [0.2, 0.25) is 0 Å². The van der Waals surface area contributed by atoms with E-state index in [1.54, 1.807) is 35.5 Å². The fourth-order valence-corrected chi connectivity index (χ4v) is 3.77. The zero-order chi connectivity index (χ0) is 19.8. The van der Waals surface area contributed by atoms with Crippen molar-refractivity contribution in [1.29, 1.82) is 0 Å². The number of anilines is 2. The van der Waals surface area contributed by atoms with Gasteiger partial charge >= 0.3 is 0 Å². The second-order valence-corrected chi connectivity index (χ2v) is 7.30. The number of halogens is 2. The number of carbonyl (C=O) groups is 2. The van der Waals surface area contributed by atoms with E-state index in [1.165, 1.54) is 0 Å². The van der Waals surface area contributed by atoms with Crippen LogP contribution in [0.25, 0.3) is 10.9 Å². The number of carbonyl (C=O) groups excluding carboxylic acids is 2. The van der Waals surface area contributed by atoms with Gasteiger partial charge in [0, 0.05) is 11.6 Å². The molecule has 1 atom stereocenters. The van der Waals surface area contributed by atoms with Crippen LogP contribution in [-0.4, -0.2) is 29.3 Å². The number of para-hydroxylation sites is 1. The Morgan fingerprint density at radius 3 is 2.57 bits per heavy atom. The van der Waals surface area contributed by atoms with Crippen LogP contribution in [0.2, 0.25) is 10.0 Å². The number of rotatable bonds is 3. The van der Waals surface area contributed by atoms with Crippen LogP contribution in [0.3, 0.4) is 0 Å². The lowest BCUT2D eigenvalue weighted by Crippen LogP contribution is -2.34. The molecule has 2 aromatic carbocycles. The summed E-state index contributed by atoms with van der Waals surface area (Å²) >= 11 is 12.3. The predicted molar refractivity (Wildman–Crippen MR) is 111 cm³/mol. The first kappa shape index (κ1) is 18.7. The molecule has 1 aromatic heterocycles. The zero-order valence-corrected chi connectivity index (χ0v) is 16.4. The van der Waals surface area contributed by atoms with Gasteiger partial charge in [0.1, 0.15) is 0 Å². The molecule has 28 heavy (non-hydrogen) atoms. The third-order valence-corrected chi connectivity index (χ3v) is 5.25. The Balaban J connectivity index is 1.72. The van der Waals surface area contributed by atoms with E-state index in [-0.39, 0.29) is 34.0 Å². The van der Waals surface area contributed by atoms with Crippen molar-refractivity contribution in [2.45, 2.75) is 13.0 Å². The van der Waals surface area contributed by atoms with Gasteiger partial charge in [-0.1, -0.05) is 41.4 Å². The minimum atomic E-state index is -0.418. The normalized spacial score (nSPS) is 16.6. The first-order chi connectivity index (χ1) is 13.5. The van der Waals surface area contributed by atoms with Gasteiger partial charge in [-0.25, -0.2) is 5.43 Å². The summed E-state index contributed by atoms with van der Waals surface area (Å²) in [5.74, 6) is -0.304. The molecule has 3 aromatic rings. The molecule has 142 valence electrons. The second kappa shape index (κ2) is 7.39. The van der Waals surface area contributed by atoms with Crippen molar-refractivity contribution in [3.63, 3.8) is 0 Å². The SMILES string of the molecule is CC1NN(c2ccnc3c(NC(=O)c4c(Cl)cccc4Cl)cccc23)CC1=O. The Morgan fingerprint density at radius 1 is 1.18 bits per heavy atom. The van der Waals surface area contributed by atoms with E-state index >= 15 is 0 Å². The Morgan fingerprint density at radius 2 is 1.89 bits per heavy atom. The molecule has 1 saturated heterocycles. The molecule has 4 rings (SSSR count). The first-order valence-electron chi connectivity index (χ1n) is 8.65. The molecule has 1 aliphatic heterocycles. The fourth-order valence-electron chi connectivity index (χ4n) is 3.20. The number of hydrogen-bond donors (Lipinski definition) is 2. The van der Waals surface area contributed by atoms with Gasteiger partial charge in [-0.15, -0.1) is 0 Å². The second-order valence-electron chi connectivity index (χ2n) is 6.49. The van der Waals surface area contributed by atoms with E-state index in [1.807, 2.05) is 25.1 Å². The van der Waals surface area contributed by atoms with Crippen molar-refractivity contribution in [2.24, 2.45) is 0 Å². The molecule has 6 nitrogen and oxygen atoms in total. The number of nitrogens with one attached hydrogen (secondary N) is 2. The van der Waals surface area contributed by atoms with E-state index in [4.69, 9.17) is 23.2 Å². The number of ketones is 1. The van der Waals surface area contributed by atoms with E-state index in [0.717, 1.165) is 11.1 Å². The lowest BCUT2D eigenvalue weighted by molar-refractivity contribution is -0.117. The molecule has 0 aliphatic carbocycles. The quantitative estimate of drug-likeness (QED) is 0.675. The standard InChI is InChI=1S/C20H16Cl2N4O2/c1-11-17(27)10-26(25-11)16-8-9-23-19-12(16)4-2-7-15(19)24-20(28)18-13(21)5-3-6-14(18)22/h2-9,11,25H,10H2,1H3,(H,24,28). The number of pyridine rings is 1. The Bertz CT molecular complexity index is 1080. The van der Waals surface area contributed by atoms with E-state index in [0.29, 0.717) is 11.2 Å².